The number of benzene rings is 1. The van der Waals surface area contributed by atoms with Gasteiger partial charge in [-0.3, -0.25) is 9.88 Å². The number of aromatic nitrogens is 2. The molecule has 1 aliphatic rings. The van der Waals surface area contributed by atoms with Crippen molar-refractivity contribution in [2.45, 2.75) is 12.6 Å². The molecule has 0 bridgehead atoms. The first kappa shape index (κ1) is 19.8. The van der Waals surface area contributed by atoms with E-state index in [0.717, 1.165) is 42.6 Å². The van der Waals surface area contributed by atoms with Crippen LogP contribution < -0.4 is 10.1 Å². The third-order valence-corrected chi connectivity index (χ3v) is 5.65. The number of ether oxygens (including phenoxy) is 1. The second-order valence-corrected chi connectivity index (χ2v) is 7.39. The van der Waals surface area contributed by atoms with Crippen LogP contribution in [0.1, 0.15) is 16.5 Å². The minimum absolute atomic E-state index is 0. The number of rotatable bonds is 5. The molecule has 0 saturated carbocycles. The summed E-state index contributed by atoms with van der Waals surface area (Å²) in [5, 5.41) is 4.49. The Hall–Kier alpha value is -1.99. The molecule has 1 aliphatic heterocycles. The van der Waals surface area contributed by atoms with Crippen molar-refractivity contribution in [2.75, 3.05) is 26.7 Å². The molecule has 1 aromatic carbocycles. The molecule has 0 radical (unpaired) electrons. The number of nitrogens with zero attached hydrogens (tertiary/aromatic N) is 3. The molecule has 27 heavy (non-hydrogen) atoms. The van der Waals surface area contributed by atoms with Gasteiger partial charge in [0.25, 0.3) is 0 Å². The molecule has 0 spiro atoms. The van der Waals surface area contributed by atoms with Gasteiger partial charge in [-0.1, -0.05) is 24.3 Å². The SMILES string of the molecule is COc1ccccc1C1CNCCN1Cc1cnc(-c2ccccn2)s1.Cl. The van der Waals surface area contributed by atoms with Crippen molar-refractivity contribution in [1.82, 2.24) is 20.2 Å². The van der Waals surface area contributed by atoms with Gasteiger partial charge < -0.3 is 10.1 Å². The van der Waals surface area contributed by atoms with E-state index in [-0.39, 0.29) is 12.4 Å². The lowest BCUT2D eigenvalue weighted by Crippen LogP contribution is -2.45. The lowest BCUT2D eigenvalue weighted by Gasteiger charge is -2.36. The average molecular weight is 403 g/mol. The van der Waals surface area contributed by atoms with Crippen LogP contribution in [-0.4, -0.2) is 41.6 Å². The highest BCUT2D eigenvalue weighted by Gasteiger charge is 2.26. The van der Waals surface area contributed by atoms with Crippen LogP contribution in [-0.2, 0) is 6.54 Å². The van der Waals surface area contributed by atoms with Gasteiger partial charge in [0.2, 0.25) is 0 Å². The maximum Gasteiger partial charge on any atom is 0.142 e. The molecule has 4 rings (SSSR count). The summed E-state index contributed by atoms with van der Waals surface area (Å²) in [7, 11) is 1.74. The number of halogens is 1. The molecular weight excluding hydrogens is 380 g/mol. The first-order chi connectivity index (χ1) is 12.8. The zero-order valence-corrected chi connectivity index (χ0v) is 16.8. The summed E-state index contributed by atoms with van der Waals surface area (Å²) in [5.41, 5.74) is 2.17. The van der Waals surface area contributed by atoms with Crippen LogP contribution in [0.4, 0.5) is 0 Å². The van der Waals surface area contributed by atoms with E-state index in [4.69, 9.17) is 4.74 Å². The maximum absolute atomic E-state index is 5.59. The minimum Gasteiger partial charge on any atom is -0.496 e. The monoisotopic (exact) mass is 402 g/mol. The van der Waals surface area contributed by atoms with E-state index < -0.39 is 0 Å². The van der Waals surface area contributed by atoms with E-state index in [1.807, 2.05) is 42.7 Å². The van der Waals surface area contributed by atoms with Gasteiger partial charge in [-0.25, -0.2) is 4.98 Å². The Kier molecular flexibility index (Phi) is 6.79. The fraction of sp³-hybridized carbons (Fsp3) is 0.300. The second kappa shape index (κ2) is 9.28. The summed E-state index contributed by atoms with van der Waals surface area (Å²) < 4.78 is 5.59. The molecule has 7 heteroatoms. The van der Waals surface area contributed by atoms with Crippen molar-refractivity contribution in [3.63, 3.8) is 0 Å². The van der Waals surface area contributed by atoms with Crippen LogP contribution in [0.15, 0.2) is 54.9 Å². The number of thiazole rings is 1. The van der Waals surface area contributed by atoms with E-state index in [1.54, 1.807) is 18.4 Å². The van der Waals surface area contributed by atoms with Gasteiger partial charge in [-0.2, -0.15) is 0 Å². The normalized spacial score (nSPS) is 17.3. The largest absolute Gasteiger partial charge is 0.496 e. The molecule has 1 fully saturated rings. The molecule has 1 atom stereocenters. The Morgan fingerprint density at radius 2 is 2.04 bits per heavy atom. The van der Waals surface area contributed by atoms with Gasteiger partial charge in [0.05, 0.1) is 18.8 Å². The van der Waals surface area contributed by atoms with Crippen molar-refractivity contribution >= 4 is 23.7 Å². The number of methoxy groups -OCH3 is 1. The van der Waals surface area contributed by atoms with Gasteiger partial charge in [0.15, 0.2) is 0 Å². The van der Waals surface area contributed by atoms with Crippen molar-refractivity contribution in [3.05, 3.63) is 65.3 Å². The molecule has 3 heterocycles. The lowest BCUT2D eigenvalue weighted by molar-refractivity contribution is 0.152. The maximum atomic E-state index is 5.59. The lowest BCUT2D eigenvalue weighted by atomic mass is 10.0. The Morgan fingerprint density at radius 3 is 2.85 bits per heavy atom. The number of hydrogen-bond acceptors (Lipinski definition) is 6. The summed E-state index contributed by atoms with van der Waals surface area (Å²) >= 11 is 1.72. The molecule has 1 unspecified atom stereocenters. The second-order valence-electron chi connectivity index (χ2n) is 6.28. The number of pyridine rings is 1. The minimum atomic E-state index is 0. The van der Waals surface area contributed by atoms with Gasteiger partial charge >= 0.3 is 0 Å². The number of hydrogen-bond donors (Lipinski definition) is 1. The third kappa shape index (κ3) is 4.47. The van der Waals surface area contributed by atoms with Gasteiger partial charge in [0.1, 0.15) is 10.8 Å². The van der Waals surface area contributed by atoms with Crippen LogP contribution in [0.2, 0.25) is 0 Å². The summed E-state index contributed by atoms with van der Waals surface area (Å²) in [5.74, 6) is 0.949. The average Bonchev–Trinajstić information content (AvgIpc) is 3.18. The van der Waals surface area contributed by atoms with Crippen LogP contribution in [0.25, 0.3) is 10.7 Å². The van der Waals surface area contributed by atoms with Crippen LogP contribution in [0, 0.1) is 0 Å². The Bertz CT molecular complexity index is 858. The van der Waals surface area contributed by atoms with Crippen LogP contribution in [0.3, 0.4) is 0 Å². The van der Waals surface area contributed by atoms with Crippen molar-refractivity contribution in [1.29, 1.82) is 0 Å². The summed E-state index contributed by atoms with van der Waals surface area (Å²) in [6.07, 6.45) is 3.79. The fourth-order valence-corrected chi connectivity index (χ4v) is 4.29. The number of piperazine rings is 1. The zero-order valence-electron chi connectivity index (χ0n) is 15.2. The highest BCUT2D eigenvalue weighted by atomic mass is 35.5. The predicted octanol–water partition coefficient (Wildman–Crippen LogP) is 3.78. The molecular formula is C20H23ClN4OS. The summed E-state index contributed by atoms with van der Waals surface area (Å²) in [6.45, 7) is 3.80. The van der Waals surface area contributed by atoms with E-state index in [9.17, 15) is 0 Å². The molecule has 3 aromatic rings. The van der Waals surface area contributed by atoms with Crippen molar-refractivity contribution in [2.24, 2.45) is 0 Å². The number of para-hydroxylation sites is 1. The summed E-state index contributed by atoms with van der Waals surface area (Å²) in [4.78, 5) is 12.7. The first-order valence-corrected chi connectivity index (χ1v) is 9.60. The van der Waals surface area contributed by atoms with E-state index in [2.05, 4.69) is 32.3 Å². The predicted molar refractivity (Wildman–Crippen MR) is 112 cm³/mol. The first-order valence-electron chi connectivity index (χ1n) is 8.79. The van der Waals surface area contributed by atoms with Crippen LogP contribution in [0.5, 0.6) is 5.75 Å². The summed E-state index contributed by atoms with van der Waals surface area (Å²) in [6, 6.07) is 14.5. The standard InChI is InChI=1S/C20H22N4OS.ClH/c1-25-19-8-3-2-6-16(19)18-13-21-10-11-24(18)14-15-12-23-20(26-15)17-7-4-5-9-22-17;/h2-9,12,18,21H,10-11,13-14H2,1H3;1H. The number of nitrogens with one attached hydrogen (secondary N) is 1. The van der Waals surface area contributed by atoms with E-state index in [1.165, 1.54) is 10.4 Å². The van der Waals surface area contributed by atoms with E-state index >= 15 is 0 Å². The Morgan fingerprint density at radius 1 is 1.19 bits per heavy atom. The van der Waals surface area contributed by atoms with E-state index in [0.29, 0.717) is 6.04 Å². The molecule has 142 valence electrons. The van der Waals surface area contributed by atoms with Crippen molar-refractivity contribution in [3.8, 4) is 16.5 Å². The highest BCUT2D eigenvalue weighted by Crippen LogP contribution is 2.32. The molecule has 1 N–H and O–H groups in total. The quantitative estimate of drug-likeness (QED) is 0.703. The highest BCUT2D eigenvalue weighted by molar-refractivity contribution is 7.14. The van der Waals surface area contributed by atoms with Gasteiger partial charge in [-0.05, 0) is 18.2 Å². The third-order valence-electron chi connectivity index (χ3n) is 4.65. The molecule has 2 aromatic heterocycles. The fourth-order valence-electron chi connectivity index (χ4n) is 3.37. The Labute approximate surface area is 169 Å². The van der Waals surface area contributed by atoms with Gasteiger partial charge in [-0.15, -0.1) is 23.7 Å². The molecule has 0 aliphatic carbocycles. The topological polar surface area (TPSA) is 50.3 Å². The van der Waals surface area contributed by atoms with Crippen LogP contribution >= 0.6 is 23.7 Å². The van der Waals surface area contributed by atoms with Gasteiger partial charge in [0, 0.05) is 49.0 Å². The smallest absolute Gasteiger partial charge is 0.142 e. The zero-order chi connectivity index (χ0) is 17.8. The molecule has 1 saturated heterocycles. The van der Waals surface area contributed by atoms with Crippen molar-refractivity contribution < 1.29 is 4.74 Å². The molecule has 5 nitrogen and oxygen atoms in total. The molecule has 0 amide bonds. The Balaban J connectivity index is 0.00000210.